The van der Waals surface area contributed by atoms with Gasteiger partial charge in [0.2, 0.25) is 10.0 Å². The first kappa shape index (κ1) is 15.5. The summed E-state index contributed by atoms with van der Waals surface area (Å²) in [6.45, 7) is 0. The minimum Gasteiger partial charge on any atom is -0.318 e. The molecule has 1 amide bonds. The van der Waals surface area contributed by atoms with Crippen LogP contribution in [0.5, 0.6) is 0 Å². The monoisotopic (exact) mass is 373 g/mol. The molecule has 0 saturated carbocycles. The first-order valence-electron chi connectivity index (χ1n) is 5.52. The van der Waals surface area contributed by atoms with E-state index in [1.807, 2.05) is 0 Å². The number of benzene rings is 1. The normalized spacial score (nSPS) is 11.2. The molecule has 0 unspecified atom stereocenters. The highest BCUT2D eigenvalue weighted by Crippen LogP contribution is 2.19. The summed E-state index contributed by atoms with van der Waals surface area (Å²) in [5, 5.41) is 7.20. The summed E-state index contributed by atoms with van der Waals surface area (Å²) >= 11 is 3.17. The second kappa shape index (κ2) is 5.88. The van der Waals surface area contributed by atoms with Gasteiger partial charge in [0.15, 0.2) is 0 Å². The van der Waals surface area contributed by atoms with Gasteiger partial charge in [-0.1, -0.05) is 0 Å². The Labute approximate surface area is 128 Å². The van der Waals surface area contributed by atoms with Crippen LogP contribution in [0.4, 0.5) is 10.1 Å². The van der Waals surface area contributed by atoms with Crippen LogP contribution < -0.4 is 10.5 Å². The van der Waals surface area contributed by atoms with Crippen molar-refractivity contribution >= 4 is 37.5 Å². The van der Waals surface area contributed by atoms with Crippen molar-refractivity contribution in [3.8, 4) is 0 Å². The van der Waals surface area contributed by atoms with Gasteiger partial charge in [-0.05, 0) is 46.3 Å². The van der Waals surface area contributed by atoms with Gasteiger partial charge >= 0.3 is 0 Å². The molecule has 1 aromatic carbocycles. The largest absolute Gasteiger partial charge is 0.318 e. The summed E-state index contributed by atoms with van der Waals surface area (Å²) in [4.78, 5) is 15.5. The van der Waals surface area contributed by atoms with Crippen LogP contribution in [0.15, 0.2) is 45.9 Å². The number of rotatable bonds is 3. The summed E-state index contributed by atoms with van der Waals surface area (Å²) in [7, 11) is -3.99. The molecule has 2 aromatic rings. The number of aromatic nitrogens is 1. The van der Waals surface area contributed by atoms with E-state index in [1.165, 1.54) is 12.3 Å². The number of halogens is 2. The number of nitrogens with zero attached hydrogens (tertiary/aromatic N) is 1. The van der Waals surface area contributed by atoms with E-state index >= 15 is 0 Å². The lowest BCUT2D eigenvalue weighted by molar-refractivity contribution is 0.102. The molecule has 2 rings (SSSR count). The molecule has 0 bridgehead atoms. The lowest BCUT2D eigenvalue weighted by Gasteiger charge is -2.07. The quantitative estimate of drug-likeness (QED) is 0.857. The number of hydrogen-bond acceptors (Lipinski definition) is 4. The van der Waals surface area contributed by atoms with Crippen LogP contribution in [-0.4, -0.2) is 19.3 Å². The van der Waals surface area contributed by atoms with Crippen molar-refractivity contribution in [3.63, 3.8) is 0 Å². The van der Waals surface area contributed by atoms with Crippen LogP contribution >= 0.6 is 15.9 Å². The Bertz CT molecular complexity index is 794. The summed E-state index contributed by atoms with van der Waals surface area (Å²) < 4.78 is 36.7. The number of nitrogens with one attached hydrogen (secondary N) is 1. The van der Waals surface area contributed by atoms with Gasteiger partial charge in [-0.25, -0.2) is 22.9 Å². The highest BCUT2D eigenvalue weighted by molar-refractivity contribution is 9.10. The lowest BCUT2D eigenvalue weighted by atomic mass is 10.3. The van der Waals surface area contributed by atoms with Crippen LogP contribution in [-0.2, 0) is 10.0 Å². The van der Waals surface area contributed by atoms with Gasteiger partial charge in [-0.15, -0.1) is 0 Å². The zero-order valence-electron chi connectivity index (χ0n) is 10.4. The summed E-state index contributed by atoms with van der Waals surface area (Å²) in [6, 6.07) is 5.89. The highest BCUT2D eigenvalue weighted by atomic mass is 79.9. The van der Waals surface area contributed by atoms with Gasteiger partial charge in [0.25, 0.3) is 5.91 Å². The molecule has 0 aliphatic carbocycles. The Balaban J connectivity index is 2.31. The molecule has 0 saturated heterocycles. The molecule has 21 heavy (non-hydrogen) atoms. The van der Waals surface area contributed by atoms with Gasteiger partial charge in [0, 0.05) is 10.7 Å². The molecule has 110 valence electrons. The van der Waals surface area contributed by atoms with E-state index in [0.717, 1.165) is 18.2 Å². The zero-order chi connectivity index (χ0) is 15.6. The fourth-order valence-electron chi connectivity index (χ4n) is 1.47. The molecule has 1 aromatic heterocycles. The predicted octanol–water partition coefficient (Wildman–Crippen LogP) is 1.88. The summed E-state index contributed by atoms with van der Waals surface area (Å²) in [5.41, 5.74) is -0.241. The number of hydrogen-bond donors (Lipinski definition) is 2. The Morgan fingerprint density at radius 2 is 2.00 bits per heavy atom. The van der Waals surface area contributed by atoms with E-state index in [0.29, 0.717) is 4.47 Å². The molecule has 3 N–H and O–H groups in total. The average molecular weight is 374 g/mol. The van der Waals surface area contributed by atoms with Crippen molar-refractivity contribution in [1.29, 1.82) is 0 Å². The van der Waals surface area contributed by atoms with Crippen molar-refractivity contribution < 1.29 is 17.6 Å². The van der Waals surface area contributed by atoms with E-state index in [9.17, 15) is 17.6 Å². The summed E-state index contributed by atoms with van der Waals surface area (Å²) in [5.74, 6) is -1.46. The van der Waals surface area contributed by atoms with Gasteiger partial charge in [0.1, 0.15) is 11.5 Å². The maximum Gasteiger partial charge on any atom is 0.274 e. The van der Waals surface area contributed by atoms with Crippen molar-refractivity contribution in [2.45, 2.75) is 4.90 Å². The number of nitrogens with two attached hydrogens (primary N) is 1. The summed E-state index contributed by atoms with van der Waals surface area (Å²) in [6.07, 6.45) is 1.41. The van der Waals surface area contributed by atoms with Gasteiger partial charge < -0.3 is 5.32 Å². The number of amides is 1. The maximum atomic E-state index is 13.6. The number of carbonyl (C=O) groups excluding carboxylic acids is 1. The molecule has 9 heteroatoms. The number of primary sulfonamides is 1. The van der Waals surface area contributed by atoms with Crippen molar-refractivity contribution in [1.82, 2.24) is 4.98 Å². The Kier molecular flexibility index (Phi) is 4.35. The number of pyridine rings is 1. The molecular weight excluding hydrogens is 365 g/mol. The average Bonchev–Trinajstić information content (AvgIpc) is 2.40. The molecule has 0 spiro atoms. The number of carbonyl (C=O) groups is 1. The van der Waals surface area contributed by atoms with Crippen LogP contribution in [0.3, 0.4) is 0 Å². The number of anilines is 1. The third kappa shape index (κ3) is 3.84. The molecule has 0 aliphatic rings. The van der Waals surface area contributed by atoms with E-state index in [1.54, 1.807) is 6.07 Å². The zero-order valence-corrected chi connectivity index (χ0v) is 12.8. The molecule has 6 nitrogen and oxygen atoms in total. The van der Waals surface area contributed by atoms with Crippen LogP contribution in [0.25, 0.3) is 0 Å². The smallest absolute Gasteiger partial charge is 0.274 e. The second-order valence-corrected chi connectivity index (χ2v) is 6.48. The van der Waals surface area contributed by atoms with Gasteiger partial charge in [-0.2, -0.15) is 0 Å². The predicted molar refractivity (Wildman–Crippen MR) is 77.7 cm³/mol. The van der Waals surface area contributed by atoms with E-state index < -0.39 is 21.7 Å². The van der Waals surface area contributed by atoms with Gasteiger partial charge in [-0.3, -0.25) is 4.79 Å². The van der Waals surface area contributed by atoms with E-state index in [-0.39, 0.29) is 16.3 Å². The minimum atomic E-state index is -3.99. The third-order valence-corrected chi connectivity index (χ3v) is 3.85. The van der Waals surface area contributed by atoms with Crippen LogP contribution in [0.2, 0.25) is 0 Å². The van der Waals surface area contributed by atoms with Crippen molar-refractivity contribution in [3.05, 3.63) is 52.5 Å². The topological polar surface area (TPSA) is 102 Å². The SMILES string of the molecule is NS(=O)(=O)c1ccc(F)c(NC(=O)c2ccc(Br)cn2)c1. The Hall–Kier alpha value is -1.84. The Morgan fingerprint density at radius 3 is 2.57 bits per heavy atom. The second-order valence-electron chi connectivity index (χ2n) is 4.00. The lowest BCUT2D eigenvalue weighted by Crippen LogP contribution is -2.16. The molecule has 0 fully saturated rings. The molecule has 0 radical (unpaired) electrons. The van der Waals surface area contributed by atoms with Crippen molar-refractivity contribution in [2.24, 2.45) is 5.14 Å². The van der Waals surface area contributed by atoms with Crippen LogP contribution in [0.1, 0.15) is 10.5 Å². The maximum absolute atomic E-state index is 13.6. The van der Waals surface area contributed by atoms with Crippen molar-refractivity contribution in [2.75, 3.05) is 5.32 Å². The van der Waals surface area contributed by atoms with E-state index in [2.05, 4.69) is 26.2 Å². The molecule has 0 aliphatic heterocycles. The molecule has 1 heterocycles. The Morgan fingerprint density at radius 1 is 1.29 bits per heavy atom. The third-order valence-electron chi connectivity index (χ3n) is 2.47. The van der Waals surface area contributed by atoms with Gasteiger partial charge in [0.05, 0.1) is 10.6 Å². The molecular formula is C12H9BrFN3O3S. The fraction of sp³-hybridized carbons (Fsp3) is 0. The number of sulfonamides is 1. The first-order valence-corrected chi connectivity index (χ1v) is 7.86. The minimum absolute atomic E-state index is 0.0543. The van der Waals surface area contributed by atoms with Crippen LogP contribution in [0, 0.1) is 5.82 Å². The fourth-order valence-corrected chi connectivity index (χ4v) is 2.25. The van der Waals surface area contributed by atoms with E-state index in [4.69, 9.17) is 5.14 Å². The standard InChI is InChI=1S/C12H9BrFN3O3S/c13-7-1-4-10(16-6-7)12(18)17-11-5-8(21(15,19)20)2-3-9(11)14/h1-6H,(H,17,18)(H2,15,19,20). The highest BCUT2D eigenvalue weighted by Gasteiger charge is 2.15. The molecule has 0 atom stereocenters. The first-order chi connectivity index (χ1) is 9.77.